The van der Waals surface area contributed by atoms with Gasteiger partial charge in [-0.2, -0.15) is 10.2 Å². The molecule has 0 aliphatic heterocycles. The van der Waals surface area contributed by atoms with Crippen molar-refractivity contribution in [1.29, 1.82) is 5.41 Å². The molecule has 6 nitrogen and oxygen atoms in total. The number of halogens is 2. The van der Waals surface area contributed by atoms with E-state index in [4.69, 9.17) is 28.6 Å². The Morgan fingerprint density at radius 3 is 2.65 bits per heavy atom. The lowest BCUT2D eigenvalue weighted by molar-refractivity contribution is 0.779. The minimum Gasteiger partial charge on any atom is -0.282 e. The number of aromatic nitrogens is 4. The Hall–Kier alpha value is -2.96. The van der Waals surface area contributed by atoms with E-state index >= 15 is 0 Å². The summed E-state index contributed by atoms with van der Waals surface area (Å²) in [6.07, 6.45) is 4.65. The monoisotopic (exact) mass is 382 g/mol. The van der Waals surface area contributed by atoms with Gasteiger partial charge >= 0.3 is 0 Å². The van der Waals surface area contributed by atoms with E-state index in [2.05, 4.69) is 15.2 Å². The Kier molecular flexibility index (Phi) is 4.28. The minimum atomic E-state index is 0.179. The third-order valence-corrected chi connectivity index (χ3v) is 4.36. The number of para-hydroxylation sites is 1. The Morgan fingerprint density at radius 2 is 1.88 bits per heavy atom. The Balaban J connectivity index is 1.75. The lowest BCUT2D eigenvalue weighted by Crippen LogP contribution is -2.17. The summed E-state index contributed by atoms with van der Waals surface area (Å²) in [6, 6.07) is 14.8. The van der Waals surface area contributed by atoms with Crippen molar-refractivity contribution >= 4 is 40.4 Å². The van der Waals surface area contributed by atoms with Crippen molar-refractivity contribution in [3.63, 3.8) is 0 Å². The largest absolute Gasteiger partial charge is 0.282 e. The summed E-state index contributed by atoms with van der Waals surface area (Å²) in [5.41, 5.74) is 2.35. The molecule has 0 spiro atoms. The zero-order valence-electron chi connectivity index (χ0n) is 13.3. The molecule has 4 aromatic rings. The highest BCUT2D eigenvalue weighted by Crippen LogP contribution is 2.19. The lowest BCUT2D eigenvalue weighted by atomic mass is 10.2. The van der Waals surface area contributed by atoms with Crippen molar-refractivity contribution in [1.82, 2.24) is 19.4 Å². The normalized spacial score (nSPS) is 11.5. The number of fused-ring (bicyclic) bond motifs is 1. The fourth-order valence-corrected chi connectivity index (χ4v) is 2.96. The molecule has 0 bridgehead atoms. The first-order valence-electron chi connectivity index (χ1n) is 7.68. The maximum absolute atomic E-state index is 8.37. The van der Waals surface area contributed by atoms with E-state index in [0.29, 0.717) is 26.6 Å². The van der Waals surface area contributed by atoms with Gasteiger partial charge in [0, 0.05) is 10.6 Å². The van der Waals surface area contributed by atoms with E-state index in [1.54, 1.807) is 35.3 Å². The molecule has 0 fully saturated rings. The predicted molar refractivity (Wildman–Crippen MR) is 102 cm³/mol. The van der Waals surface area contributed by atoms with Crippen LogP contribution in [0.5, 0.6) is 0 Å². The summed E-state index contributed by atoms with van der Waals surface area (Å²) in [5.74, 6) is 0. The zero-order chi connectivity index (χ0) is 18.1. The molecule has 2 heterocycles. The van der Waals surface area contributed by atoms with Crippen LogP contribution in [0.2, 0.25) is 10.0 Å². The molecule has 0 unspecified atom stereocenters. The summed E-state index contributed by atoms with van der Waals surface area (Å²) in [7, 11) is 0. The molecule has 2 aromatic heterocycles. The number of benzene rings is 2. The van der Waals surface area contributed by atoms with Crippen LogP contribution >= 0.6 is 23.2 Å². The third-order valence-electron chi connectivity index (χ3n) is 3.80. The van der Waals surface area contributed by atoms with Crippen LogP contribution in [0.3, 0.4) is 0 Å². The molecule has 0 aliphatic carbocycles. The van der Waals surface area contributed by atoms with Crippen LogP contribution in [0.15, 0.2) is 66.2 Å². The van der Waals surface area contributed by atoms with Gasteiger partial charge in [-0.3, -0.25) is 5.41 Å². The van der Waals surface area contributed by atoms with Crippen LogP contribution < -0.4 is 5.49 Å². The van der Waals surface area contributed by atoms with E-state index in [1.807, 2.05) is 30.3 Å². The molecule has 0 aliphatic rings. The summed E-state index contributed by atoms with van der Waals surface area (Å²) >= 11 is 12.0. The van der Waals surface area contributed by atoms with Crippen LogP contribution in [0, 0.1) is 5.41 Å². The van der Waals surface area contributed by atoms with Gasteiger partial charge in [0.15, 0.2) is 11.1 Å². The fraction of sp³-hybridized carbons (Fsp3) is 0. The molecule has 0 amide bonds. The molecule has 1 N–H and O–H groups in total. The maximum Gasteiger partial charge on any atom is 0.168 e. The highest BCUT2D eigenvalue weighted by atomic mass is 35.5. The van der Waals surface area contributed by atoms with E-state index in [-0.39, 0.29) is 5.49 Å². The van der Waals surface area contributed by atoms with Crippen molar-refractivity contribution in [3.8, 4) is 5.69 Å². The molecule has 2 aromatic carbocycles. The summed E-state index contributed by atoms with van der Waals surface area (Å²) < 4.78 is 3.06. The Labute approximate surface area is 158 Å². The van der Waals surface area contributed by atoms with Gasteiger partial charge in [-0.15, -0.1) is 0 Å². The first-order valence-corrected chi connectivity index (χ1v) is 8.44. The molecule has 0 radical (unpaired) electrons. The van der Waals surface area contributed by atoms with Gasteiger partial charge in [0.25, 0.3) is 0 Å². The van der Waals surface area contributed by atoms with Gasteiger partial charge in [-0.1, -0.05) is 47.5 Å². The molecule has 8 heteroatoms. The third kappa shape index (κ3) is 3.00. The van der Waals surface area contributed by atoms with Crippen LogP contribution in [0.4, 0.5) is 0 Å². The van der Waals surface area contributed by atoms with Crippen LogP contribution in [0.1, 0.15) is 5.56 Å². The van der Waals surface area contributed by atoms with Crippen molar-refractivity contribution < 1.29 is 0 Å². The predicted octanol–water partition coefficient (Wildman–Crippen LogP) is 3.89. The summed E-state index contributed by atoms with van der Waals surface area (Å²) in [4.78, 5) is 4.40. The first-order chi connectivity index (χ1) is 12.6. The summed E-state index contributed by atoms with van der Waals surface area (Å²) in [5, 5.41) is 18.6. The lowest BCUT2D eigenvalue weighted by Gasteiger charge is -2.04. The smallest absolute Gasteiger partial charge is 0.168 e. The number of hydrogen-bond donors (Lipinski definition) is 1. The van der Waals surface area contributed by atoms with Gasteiger partial charge in [-0.05, 0) is 24.3 Å². The quantitative estimate of drug-likeness (QED) is 0.545. The molecule has 4 rings (SSSR count). The molecule has 0 atom stereocenters. The second-order valence-corrected chi connectivity index (χ2v) is 6.32. The molecule has 0 saturated carbocycles. The van der Waals surface area contributed by atoms with E-state index in [9.17, 15) is 0 Å². The molecular weight excluding hydrogens is 371 g/mol. The average Bonchev–Trinajstić information content (AvgIpc) is 3.08. The molecule has 0 saturated heterocycles. The molecular formula is C18H12Cl2N6. The van der Waals surface area contributed by atoms with Gasteiger partial charge < -0.3 is 0 Å². The molecule has 26 heavy (non-hydrogen) atoms. The van der Waals surface area contributed by atoms with Gasteiger partial charge in [0.1, 0.15) is 6.33 Å². The highest BCUT2D eigenvalue weighted by Gasteiger charge is 2.09. The van der Waals surface area contributed by atoms with Crippen molar-refractivity contribution in [2.45, 2.75) is 0 Å². The SMILES string of the molecule is N=c1c2cnn(-c3ccccc3)c2ncn1/N=C/c1ccc(Cl)cc1Cl. The van der Waals surface area contributed by atoms with Crippen molar-refractivity contribution in [2.24, 2.45) is 5.10 Å². The second-order valence-electron chi connectivity index (χ2n) is 5.48. The number of nitrogens with one attached hydrogen (secondary N) is 1. The molecule has 128 valence electrons. The maximum atomic E-state index is 8.37. The summed E-state index contributed by atoms with van der Waals surface area (Å²) in [6.45, 7) is 0. The Morgan fingerprint density at radius 1 is 1.08 bits per heavy atom. The average molecular weight is 383 g/mol. The zero-order valence-corrected chi connectivity index (χ0v) is 14.9. The topological polar surface area (TPSA) is 71.8 Å². The first kappa shape index (κ1) is 16.5. The van der Waals surface area contributed by atoms with Crippen LogP contribution in [-0.2, 0) is 0 Å². The fourth-order valence-electron chi connectivity index (χ4n) is 2.50. The highest BCUT2D eigenvalue weighted by molar-refractivity contribution is 6.36. The van der Waals surface area contributed by atoms with E-state index in [1.165, 1.54) is 11.0 Å². The van der Waals surface area contributed by atoms with Crippen molar-refractivity contribution in [3.05, 3.63) is 82.2 Å². The van der Waals surface area contributed by atoms with E-state index in [0.717, 1.165) is 5.69 Å². The van der Waals surface area contributed by atoms with Crippen LogP contribution in [-0.4, -0.2) is 25.7 Å². The van der Waals surface area contributed by atoms with Gasteiger partial charge in [0.2, 0.25) is 0 Å². The number of nitrogens with zero attached hydrogens (tertiary/aromatic N) is 5. The number of hydrogen-bond acceptors (Lipinski definition) is 4. The standard InChI is InChI=1S/C18H12Cl2N6/c19-13-7-6-12(16(20)8-13)9-23-25-11-22-18-15(17(25)21)10-24-26(18)14-4-2-1-3-5-14/h1-11,21H/b21-17?,23-9+. The second kappa shape index (κ2) is 6.74. The van der Waals surface area contributed by atoms with E-state index < -0.39 is 0 Å². The van der Waals surface area contributed by atoms with Gasteiger partial charge in [-0.25, -0.2) is 14.3 Å². The van der Waals surface area contributed by atoms with Crippen LogP contribution in [0.25, 0.3) is 16.7 Å². The Bertz CT molecular complexity index is 1180. The number of rotatable bonds is 3. The van der Waals surface area contributed by atoms with Crippen molar-refractivity contribution in [2.75, 3.05) is 0 Å². The van der Waals surface area contributed by atoms with Gasteiger partial charge in [0.05, 0.1) is 28.5 Å². The minimum absolute atomic E-state index is 0.179.